The predicted molar refractivity (Wildman–Crippen MR) is 105 cm³/mol. The molecule has 1 fully saturated rings. The third-order valence-corrected chi connectivity index (χ3v) is 5.77. The van der Waals surface area contributed by atoms with Gasteiger partial charge in [-0.15, -0.1) is 12.1 Å². The van der Waals surface area contributed by atoms with Crippen LogP contribution in [0, 0.1) is 34.6 Å². The number of pyridine rings is 1. The molecule has 0 aliphatic carbocycles. The van der Waals surface area contributed by atoms with E-state index in [-0.39, 0.29) is 17.1 Å². The van der Waals surface area contributed by atoms with Gasteiger partial charge in [0, 0.05) is 30.2 Å². The zero-order valence-electron chi connectivity index (χ0n) is 16.0. The second-order valence-electron chi connectivity index (χ2n) is 6.97. The van der Waals surface area contributed by atoms with Crippen molar-refractivity contribution in [3.63, 3.8) is 0 Å². The van der Waals surface area contributed by atoms with Gasteiger partial charge in [0.15, 0.2) is 0 Å². The van der Waals surface area contributed by atoms with E-state index in [1.54, 1.807) is 0 Å². The molecule has 1 aromatic heterocycles. The van der Waals surface area contributed by atoms with Crippen LogP contribution in [0.4, 0.5) is 5.69 Å². The van der Waals surface area contributed by atoms with Crippen molar-refractivity contribution in [2.75, 3.05) is 18.0 Å². The van der Waals surface area contributed by atoms with E-state index >= 15 is 0 Å². The average Bonchev–Trinajstić information content (AvgIpc) is 3.32. The number of aromatic nitrogens is 1. The molecule has 1 aliphatic rings. The van der Waals surface area contributed by atoms with E-state index in [2.05, 4.69) is 68.8 Å². The van der Waals surface area contributed by atoms with Gasteiger partial charge in [-0.05, 0) is 30.2 Å². The van der Waals surface area contributed by atoms with Gasteiger partial charge in [0.25, 0.3) is 0 Å². The van der Waals surface area contributed by atoms with Gasteiger partial charge in [-0.2, -0.15) is 6.07 Å². The van der Waals surface area contributed by atoms with Crippen molar-refractivity contribution in [3.8, 4) is 0 Å². The van der Waals surface area contributed by atoms with Crippen molar-refractivity contribution in [2.45, 2.75) is 47.5 Å². The molecule has 0 N–H and O–H groups in total. The molecule has 4 rings (SSSR count). The fourth-order valence-corrected chi connectivity index (χ4v) is 3.66. The van der Waals surface area contributed by atoms with E-state index in [0.717, 1.165) is 5.52 Å². The van der Waals surface area contributed by atoms with E-state index in [4.69, 9.17) is 0 Å². The molecule has 1 saturated heterocycles. The summed E-state index contributed by atoms with van der Waals surface area (Å²) in [5.74, 6) is 0. The first-order valence-corrected chi connectivity index (χ1v) is 8.95. The van der Waals surface area contributed by atoms with E-state index < -0.39 is 0 Å². The van der Waals surface area contributed by atoms with Gasteiger partial charge in [-0.1, -0.05) is 11.5 Å². The van der Waals surface area contributed by atoms with Crippen LogP contribution in [0.2, 0.25) is 0 Å². The van der Waals surface area contributed by atoms with Crippen molar-refractivity contribution >= 4 is 16.6 Å². The summed E-state index contributed by atoms with van der Waals surface area (Å²) < 4.78 is 0. The Morgan fingerprint density at radius 3 is 1.88 bits per heavy atom. The van der Waals surface area contributed by atoms with Crippen LogP contribution >= 0.6 is 0 Å². The molecule has 3 aromatic rings. The Hall–Kier alpha value is -1.57. The zero-order valence-corrected chi connectivity index (χ0v) is 17.1. The third kappa shape index (κ3) is 3.83. The normalized spacial score (nSPS) is 13.6. The van der Waals surface area contributed by atoms with Crippen LogP contribution in [-0.2, 0) is 17.1 Å². The molecule has 1 aliphatic heterocycles. The standard InChI is InChI=1S/C12H13N2.C10H15.Fe/c1-2-9-14(8-1)12-6-7-13-11-5-3-4-10(11)12;1-6-7(2)9(4)10(5)8(6)3;/h3-7H,1-2,8-9H2;1-5H3;/q-1;-5;. The topological polar surface area (TPSA) is 16.1 Å². The minimum absolute atomic E-state index is 0. The molecular formula is C22H28FeN2-6. The molecule has 2 heterocycles. The Labute approximate surface area is 162 Å². The monoisotopic (exact) mass is 376 g/mol. The molecule has 3 heteroatoms. The van der Waals surface area contributed by atoms with Crippen LogP contribution in [0.15, 0.2) is 30.5 Å². The molecule has 140 valence electrons. The summed E-state index contributed by atoms with van der Waals surface area (Å²) in [5, 5.41) is 1.30. The Kier molecular flexibility index (Phi) is 6.48. The largest absolute Gasteiger partial charge is 0.731 e. The maximum atomic E-state index is 4.35. The number of hydrogen-bond acceptors (Lipinski definition) is 2. The summed E-state index contributed by atoms with van der Waals surface area (Å²) in [6.07, 6.45) is 4.56. The summed E-state index contributed by atoms with van der Waals surface area (Å²) in [6.45, 7) is 13.4. The molecule has 0 saturated carbocycles. The van der Waals surface area contributed by atoms with Gasteiger partial charge in [0.05, 0.1) is 0 Å². The smallest absolute Gasteiger partial charge is 0.0163 e. The number of fused-ring (bicyclic) bond motifs is 1. The summed E-state index contributed by atoms with van der Waals surface area (Å²) >= 11 is 0. The second-order valence-corrected chi connectivity index (χ2v) is 6.97. The van der Waals surface area contributed by atoms with Crippen LogP contribution in [0.25, 0.3) is 10.9 Å². The van der Waals surface area contributed by atoms with Gasteiger partial charge >= 0.3 is 0 Å². The summed E-state index contributed by atoms with van der Waals surface area (Å²) in [5.41, 5.74) is 9.82. The zero-order chi connectivity index (χ0) is 17.3. The van der Waals surface area contributed by atoms with Gasteiger partial charge in [-0.3, -0.25) is 4.98 Å². The number of anilines is 1. The van der Waals surface area contributed by atoms with E-state index in [0.29, 0.717) is 0 Å². The Bertz CT molecular complexity index is 755. The molecule has 2 nitrogen and oxygen atoms in total. The van der Waals surface area contributed by atoms with Gasteiger partial charge < -0.3 is 32.7 Å². The summed E-state index contributed by atoms with van der Waals surface area (Å²) in [7, 11) is 0. The molecule has 0 amide bonds. The maximum absolute atomic E-state index is 4.35. The molecule has 0 bridgehead atoms. The first-order chi connectivity index (χ1) is 11.5. The molecule has 0 radical (unpaired) electrons. The van der Waals surface area contributed by atoms with Crippen LogP contribution in [-0.4, -0.2) is 18.1 Å². The van der Waals surface area contributed by atoms with Crippen molar-refractivity contribution < 1.29 is 17.1 Å². The van der Waals surface area contributed by atoms with Crippen LogP contribution in [0.1, 0.15) is 40.7 Å². The quantitative estimate of drug-likeness (QED) is 0.412. The van der Waals surface area contributed by atoms with Crippen molar-refractivity contribution in [1.29, 1.82) is 0 Å². The van der Waals surface area contributed by atoms with Crippen molar-refractivity contribution in [2.24, 2.45) is 0 Å². The van der Waals surface area contributed by atoms with Crippen LogP contribution in [0.3, 0.4) is 0 Å². The molecule has 25 heavy (non-hydrogen) atoms. The number of rotatable bonds is 1. The Balaban J connectivity index is 0.000000184. The molecule has 0 spiro atoms. The molecule has 0 unspecified atom stereocenters. The Morgan fingerprint density at radius 2 is 1.36 bits per heavy atom. The minimum Gasteiger partial charge on any atom is -0.731 e. The van der Waals surface area contributed by atoms with E-state index in [1.165, 1.54) is 64.8 Å². The molecule has 2 aromatic carbocycles. The van der Waals surface area contributed by atoms with Gasteiger partial charge in [-0.25, -0.2) is 34.6 Å². The van der Waals surface area contributed by atoms with Crippen molar-refractivity contribution in [1.82, 2.24) is 4.98 Å². The molecular weight excluding hydrogens is 348 g/mol. The molecule has 0 atom stereocenters. The van der Waals surface area contributed by atoms with Crippen molar-refractivity contribution in [3.05, 3.63) is 58.3 Å². The van der Waals surface area contributed by atoms with Gasteiger partial charge in [0.1, 0.15) is 0 Å². The van der Waals surface area contributed by atoms with Crippen LogP contribution < -0.4 is 4.90 Å². The predicted octanol–water partition coefficient (Wildman–Crippen LogP) is 5.50. The minimum atomic E-state index is 0. The SMILES string of the molecule is C[c-]1[c-](C)[c-](C)[c-](C)[c-]1C.[Fe].c1cc2nccc(N3CCCC3)[c-]2c1. The fraction of sp³-hybridized carbons (Fsp3) is 0.409. The number of hydrogen-bond donors (Lipinski definition) is 0. The second kappa shape index (κ2) is 8.21. The Morgan fingerprint density at radius 1 is 0.840 bits per heavy atom. The summed E-state index contributed by atoms with van der Waals surface area (Å²) in [6, 6.07) is 8.45. The fourth-order valence-electron chi connectivity index (χ4n) is 3.66. The third-order valence-electron chi connectivity index (χ3n) is 5.77. The summed E-state index contributed by atoms with van der Waals surface area (Å²) in [4.78, 5) is 6.81. The first-order valence-electron chi connectivity index (χ1n) is 8.95. The van der Waals surface area contributed by atoms with E-state index in [9.17, 15) is 0 Å². The van der Waals surface area contributed by atoms with Gasteiger partial charge in [0.2, 0.25) is 0 Å². The van der Waals surface area contributed by atoms with E-state index in [1.807, 2.05) is 6.20 Å². The average molecular weight is 376 g/mol. The number of nitrogens with zero attached hydrogens (tertiary/aromatic N) is 2. The van der Waals surface area contributed by atoms with Crippen LogP contribution in [0.5, 0.6) is 0 Å². The maximum Gasteiger partial charge on any atom is 0.0163 e. The first kappa shape index (κ1) is 19.8.